The lowest BCUT2D eigenvalue weighted by atomic mass is 10.0. The summed E-state index contributed by atoms with van der Waals surface area (Å²) in [5, 5.41) is 11.3. The molecule has 4 heterocycles. The summed E-state index contributed by atoms with van der Waals surface area (Å²) in [7, 11) is 0. The first-order chi connectivity index (χ1) is 11.5. The van der Waals surface area contributed by atoms with Gasteiger partial charge in [0.1, 0.15) is 5.82 Å². The number of hydrogen-bond acceptors (Lipinski definition) is 7. The van der Waals surface area contributed by atoms with Crippen molar-refractivity contribution in [2.24, 2.45) is 5.73 Å². The first-order valence-corrected chi connectivity index (χ1v) is 7.96. The lowest BCUT2D eigenvalue weighted by Crippen LogP contribution is -2.39. The molecule has 0 aliphatic carbocycles. The van der Waals surface area contributed by atoms with E-state index in [4.69, 9.17) is 10.7 Å². The fourth-order valence-corrected chi connectivity index (χ4v) is 2.95. The molecule has 1 aliphatic rings. The van der Waals surface area contributed by atoms with E-state index in [1.54, 1.807) is 6.20 Å². The second-order valence-corrected chi connectivity index (χ2v) is 6.63. The SMILES string of the molecule is Cc1cc(Nc2nc(N3CCC(C)(N)C3)nc3ncccc23)n[nH]1. The van der Waals surface area contributed by atoms with Crippen LogP contribution in [0.15, 0.2) is 24.4 Å². The molecule has 3 aromatic rings. The zero-order valence-electron chi connectivity index (χ0n) is 13.7. The normalized spacial score (nSPS) is 20.7. The minimum atomic E-state index is -0.213. The van der Waals surface area contributed by atoms with E-state index in [1.165, 1.54) is 0 Å². The van der Waals surface area contributed by atoms with Gasteiger partial charge in [0, 0.05) is 36.6 Å². The molecule has 4 rings (SSSR count). The van der Waals surface area contributed by atoms with Gasteiger partial charge in [-0.15, -0.1) is 0 Å². The molecule has 8 heteroatoms. The fourth-order valence-electron chi connectivity index (χ4n) is 2.95. The molecule has 3 aromatic heterocycles. The average Bonchev–Trinajstić information content (AvgIpc) is 3.12. The van der Waals surface area contributed by atoms with Crippen LogP contribution in [0.2, 0.25) is 0 Å². The second kappa shape index (κ2) is 5.41. The number of fused-ring (bicyclic) bond motifs is 1. The molecule has 0 amide bonds. The molecule has 124 valence electrons. The molecule has 0 aromatic carbocycles. The first kappa shape index (κ1) is 14.8. The molecule has 1 unspecified atom stereocenters. The smallest absolute Gasteiger partial charge is 0.229 e. The van der Waals surface area contributed by atoms with Crippen molar-refractivity contribution < 1.29 is 0 Å². The quantitative estimate of drug-likeness (QED) is 0.673. The van der Waals surface area contributed by atoms with E-state index in [9.17, 15) is 0 Å². The molecule has 0 radical (unpaired) electrons. The standard InChI is InChI=1S/C16H20N8/c1-10-8-12(23-22-10)19-14-11-4-3-6-18-13(11)20-15(21-14)24-7-5-16(2,17)9-24/h3-4,6,8H,5,7,9,17H2,1-2H3,(H2,18,19,20,21,22,23). The summed E-state index contributed by atoms with van der Waals surface area (Å²) in [5.41, 5.74) is 7.66. The maximum atomic E-state index is 6.24. The summed E-state index contributed by atoms with van der Waals surface area (Å²) in [6, 6.07) is 5.75. The van der Waals surface area contributed by atoms with Crippen LogP contribution < -0.4 is 16.0 Å². The summed E-state index contributed by atoms with van der Waals surface area (Å²) in [4.78, 5) is 15.8. The average molecular weight is 324 g/mol. The summed E-state index contributed by atoms with van der Waals surface area (Å²) >= 11 is 0. The van der Waals surface area contributed by atoms with Crippen LogP contribution in [0.25, 0.3) is 11.0 Å². The molecule has 4 N–H and O–H groups in total. The molecule has 1 saturated heterocycles. The Morgan fingerprint density at radius 3 is 2.96 bits per heavy atom. The van der Waals surface area contributed by atoms with E-state index in [0.29, 0.717) is 23.2 Å². The van der Waals surface area contributed by atoms with Gasteiger partial charge in [-0.25, -0.2) is 4.98 Å². The van der Waals surface area contributed by atoms with E-state index in [2.05, 4.69) is 37.3 Å². The third-order valence-electron chi connectivity index (χ3n) is 4.20. The molecule has 0 bridgehead atoms. The minimum Gasteiger partial charge on any atom is -0.339 e. The number of nitrogens with zero attached hydrogens (tertiary/aromatic N) is 5. The van der Waals surface area contributed by atoms with Crippen molar-refractivity contribution in [3.05, 3.63) is 30.1 Å². The van der Waals surface area contributed by atoms with Crippen molar-refractivity contribution in [2.45, 2.75) is 25.8 Å². The molecule has 1 atom stereocenters. The number of pyridine rings is 1. The van der Waals surface area contributed by atoms with Gasteiger partial charge in [0.15, 0.2) is 11.5 Å². The third kappa shape index (κ3) is 2.76. The summed E-state index contributed by atoms with van der Waals surface area (Å²) in [6.07, 6.45) is 2.65. The van der Waals surface area contributed by atoms with Gasteiger partial charge in [0.2, 0.25) is 5.95 Å². The number of hydrogen-bond donors (Lipinski definition) is 3. The summed E-state index contributed by atoms with van der Waals surface area (Å²) in [5.74, 6) is 2.05. The lowest BCUT2D eigenvalue weighted by molar-refractivity contribution is 0.524. The van der Waals surface area contributed by atoms with Crippen LogP contribution >= 0.6 is 0 Å². The molecule has 0 saturated carbocycles. The molecular formula is C16H20N8. The van der Waals surface area contributed by atoms with E-state index in [1.807, 2.05) is 25.1 Å². The van der Waals surface area contributed by atoms with Crippen LogP contribution in [0.1, 0.15) is 19.0 Å². The Morgan fingerprint density at radius 1 is 1.38 bits per heavy atom. The Labute approximate surface area is 139 Å². The van der Waals surface area contributed by atoms with Crippen molar-refractivity contribution in [1.82, 2.24) is 25.1 Å². The molecule has 24 heavy (non-hydrogen) atoms. The van der Waals surface area contributed by atoms with E-state index < -0.39 is 0 Å². The van der Waals surface area contributed by atoms with Crippen LogP contribution in [0.5, 0.6) is 0 Å². The minimum absolute atomic E-state index is 0.213. The van der Waals surface area contributed by atoms with Crippen LogP contribution in [0.4, 0.5) is 17.6 Å². The lowest BCUT2D eigenvalue weighted by Gasteiger charge is -2.20. The van der Waals surface area contributed by atoms with E-state index in [-0.39, 0.29) is 5.54 Å². The van der Waals surface area contributed by atoms with Crippen LogP contribution in [0.3, 0.4) is 0 Å². The van der Waals surface area contributed by atoms with Crippen molar-refractivity contribution in [3.63, 3.8) is 0 Å². The highest BCUT2D eigenvalue weighted by atomic mass is 15.3. The Bertz CT molecular complexity index is 885. The first-order valence-electron chi connectivity index (χ1n) is 7.96. The number of nitrogens with two attached hydrogens (primary N) is 1. The Hall–Kier alpha value is -2.74. The van der Waals surface area contributed by atoms with Gasteiger partial charge in [-0.05, 0) is 32.4 Å². The molecule has 0 spiro atoms. The Kier molecular flexibility index (Phi) is 3.34. The topological polar surface area (TPSA) is 109 Å². The predicted molar refractivity (Wildman–Crippen MR) is 93.4 cm³/mol. The molecular weight excluding hydrogens is 304 g/mol. The van der Waals surface area contributed by atoms with Gasteiger partial charge >= 0.3 is 0 Å². The van der Waals surface area contributed by atoms with Crippen molar-refractivity contribution in [2.75, 3.05) is 23.3 Å². The van der Waals surface area contributed by atoms with Crippen molar-refractivity contribution in [3.8, 4) is 0 Å². The Balaban J connectivity index is 1.76. The van der Waals surface area contributed by atoms with Gasteiger partial charge in [0.05, 0.1) is 5.39 Å². The fraction of sp³-hybridized carbons (Fsp3) is 0.375. The highest BCUT2D eigenvalue weighted by Crippen LogP contribution is 2.28. The van der Waals surface area contributed by atoms with Crippen LogP contribution in [-0.2, 0) is 0 Å². The zero-order valence-corrected chi connectivity index (χ0v) is 13.7. The van der Waals surface area contributed by atoms with Gasteiger partial charge in [-0.2, -0.15) is 15.1 Å². The molecule has 8 nitrogen and oxygen atoms in total. The van der Waals surface area contributed by atoms with E-state index >= 15 is 0 Å². The van der Waals surface area contributed by atoms with Gasteiger partial charge in [-0.3, -0.25) is 5.10 Å². The van der Waals surface area contributed by atoms with Crippen molar-refractivity contribution >= 4 is 28.6 Å². The maximum absolute atomic E-state index is 6.24. The number of nitrogens with one attached hydrogen (secondary N) is 2. The van der Waals surface area contributed by atoms with E-state index in [0.717, 1.165) is 30.6 Å². The zero-order chi connectivity index (χ0) is 16.7. The van der Waals surface area contributed by atoms with Crippen LogP contribution in [0, 0.1) is 6.92 Å². The van der Waals surface area contributed by atoms with Gasteiger partial charge in [0.25, 0.3) is 0 Å². The highest BCUT2D eigenvalue weighted by Gasteiger charge is 2.31. The number of aryl methyl sites for hydroxylation is 1. The number of aromatic nitrogens is 5. The third-order valence-corrected chi connectivity index (χ3v) is 4.20. The largest absolute Gasteiger partial charge is 0.339 e. The highest BCUT2D eigenvalue weighted by molar-refractivity contribution is 5.89. The summed E-state index contributed by atoms with van der Waals surface area (Å²) in [6.45, 7) is 5.58. The summed E-state index contributed by atoms with van der Waals surface area (Å²) < 4.78 is 0. The monoisotopic (exact) mass is 324 g/mol. The van der Waals surface area contributed by atoms with Gasteiger partial charge in [-0.1, -0.05) is 0 Å². The number of aromatic amines is 1. The number of anilines is 3. The molecule has 1 fully saturated rings. The maximum Gasteiger partial charge on any atom is 0.229 e. The molecule has 1 aliphatic heterocycles. The number of H-pyrrole nitrogens is 1. The second-order valence-electron chi connectivity index (χ2n) is 6.63. The number of rotatable bonds is 3. The Morgan fingerprint density at radius 2 is 2.25 bits per heavy atom. The van der Waals surface area contributed by atoms with Crippen LogP contribution in [-0.4, -0.2) is 43.8 Å². The predicted octanol–water partition coefficient (Wildman–Crippen LogP) is 1.73. The van der Waals surface area contributed by atoms with Crippen molar-refractivity contribution in [1.29, 1.82) is 0 Å². The van der Waals surface area contributed by atoms with Gasteiger partial charge < -0.3 is 16.0 Å².